The fourth-order valence-electron chi connectivity index (χ4n) is 3.06. The van der Waals surface area contributed by atoms with E-state index in [0.717, 1.165) is 33.5 Å². The summed E-state index contributed by atoms with van der Waals surface area (Å²) in [5.41, 5.74) is 3.47. The van der Waals surface area contributed by atoms with Crippen molar-refractivity contribution in [2.75, 3.05) is 11.9 Å². The summed E-state index contributed by atoms with van der Waals surface area (Å²) in [6.45, 7) is 4.59. The molecule has 3 heterocycles. The Labute approximate surface area is 175 Å². The molecule has 0 spiro atoms. The van der Waals surface area contributed by atoms with Crippen LogP contribution in [0.1, 0.15) is 24.2 Å². The summed E-state index contributed by atoms with van der Waals surface area (Å²) in [6.07, 6.45) is 6.27. The highest BCUT2D eigenvalue weighted by Gasteiger charge is 2.12. The maximum absolute atomic E-state index is 13.4. The molecule has 4 rings (SSSR count). The fraction of sp³-hybridized carbons (Fsp3) is 0.190. The minimum atomic E-state index is -0.330. The maximum atomic E-state index is 13.4. The van der Waals surface area contributed by atoms with Crippen LogP contribution in [0.4, 0.5) is 10.2 Å². The van der Waals surface area contributed by atoms with Crippen molar-refractivity contribution >= 4 is 30.2 Å². The molecule has 0 saturated carbocycles. The van der Waals surface area contributed by atoms with Crippen molar-refractivity contribution in [2.45, 2.75) is 19.8 Å². The molecule has 6 nitrogen and oxygen atoms in total. The molecule has 8 heteroatoms. The van der Waals surface area contributed by atoms with E-state index in [4.69, 9.17) is 0 Å². The number of hydrogen-bond acceptors (Lipinski definition) is 6. The summed E-state index contributed by atoms with van der Waals surface area (Å²) in [4.78, 5) is 21.3. The Morgan fingerprint density at radius 3 is 2.59 bits per heavy atom. The van der Waals surface area contributed by atoms with E-state index >= 15 is 0 Å². The zero-order valence-electron chi connectivity index (χ0n) is 16.1. The van der Waals surface area contributed by atoms with Gasteiger partial charge >= 0.3 is 0 Å². The average molecular weight is 409 g/mol. The first-order valence-electron chi connectivity index (χ1n) is 8.99. The van der Waals surface area contributed by atoms with Gasteiger partial charge in [0.15, 0.2) is 0 Å². The molecule has 0 bridgehead atoms. The number of halogens is 1. The van der Waals surface area contributed by atoms with Crippen molar-refractivity contribution < 1.29 is 4.39 Å². The molecule has 0 fully saturated rings. The zero-order chi connectivity index (χ0) is 19.5. The van der Waals surface area contributed by atoms with Gasteiger partial charge in [-0.2, -0.15) is 13.5 Å². The van der Waals surface area contributed by atoms with Crippen LogP contribution >= 0.6 is 13.5 Å². The Kier molecular flexibility index (Phi) is 6.33. The van der Waals surface area contributed by atoms with Gasteiger partial charge < -0.3 is 5.32 Å². The monoisotopic (exact) mass is 408 g/mol. The quantitative estimate of drug-likeness (QED) is 0.532. The van der Waals surface area contributed by atoms with E-state index in [1.54, 1.807) is 12.4 Å². The van der Waals surface area contributed by atoms with E-state index in [0.29, 0.717) is 12.4 Å². The van der Waals surface area contributed by atoms with Gasteiger partial charge in [-0.1, -0.05) is 25.1 Å². The summed E-state index contributed by atoms with van der Waals surface area (Å²) in [5, 5.41) is 4.15. The molecule has 0 aliphatic heterocycles. The first kappa shape index (κ1) is 20.6. The number of hydrogen-bond donors (Lipinski definition) is 1. The third kappa shape index (κ3) is 4.65. The number of pyridine rings is 1. The molecule has 1 N–H and O–H groups in total. The van der Waals surface area contributed by atoms with Crippen LogP contribution in [0.15, 0.2) is 55.2 Å². The molecular formula is C21H21FN6S. The third-order valence-corrected chi connectivity index (χ3v) is 4.57. The molecule has 0 aliphatic rings. The zero-order valence-corrected chi connectivity index (χ0v) is 17.1. The van der Waals surface area contributed by atoms with Crippen LogP contribution in [0, 0.1) is 12.7 Å². The number of fused-ring (bicyclic) bond motifs is 1. The predicted octanol–water partition coefficient (Wildman–Crippen LogP) is 4.26. The Balaban J connectivity index is 0.00000240. The molecule has 0 radical (unpaired) electrons. The largest absolute Gasteiger partial charge is 0.369 e. The van der Waals surface area contributed by atoms with Crippen molar-refractivity contribution in [2.24, 2.45) is 0 Å². The van der Waals surface area contributed by atoms with E-state index in [9.17, 15) is 4.39 Å². The van der Waals surface area contributed by atoms with Crippen molar-refractivity contribution in [1.82, 2.24) is 24.9 Å². The van der Waals surface area contributed by atoms with E-state index in [1.807, 2.05) is 31.2 Å². The topological polar surface area (TPSA) is 76.5 Å². The predicted molar refractivity (Wildman–Crippen MR) is 117 cm³/mol. The summed E-state index contributed by atoms with van der Waals surface area (Å²) in [6, 6.07) is 9.20. The minimum absolute atomic E-state index is 0. The van der Waals surface area contributed by atoms with E-state index < -0.39 is 0 Å². The van der Waals surface area contributed by atoms with Crippen LogP contribution in [0.2, 0.25) is 0 Å². The van der Waals surface area contributed by atoms with Gasteiger partial charge in [-0.15, -0.1) is 0 Å². The Morgan fingerprint density at radius 1 is 1.00 bits per heavy atom. The molecule has 148 valence electrons. The summed E-state index contributed by atoms with van der Waals surface area (Å²) < 4.78 is 13.4. The van der Waals surface area contributed by atoms with Crippen LogP contribution in [0.3, 0.4) is 0 Å². The standard InChI is InChI=1S/C21H19FN6.H2S/c1-13(18-5-3-4-15-6-17(22)11-26-21(15)18)8-25-20-7-19(27-12-28-20)16-9-23-14(2)24-10-16;/h3-7,9-13H,8H2,1-2H3,(H,25,27,28);1H2/t13-;/m1./s1. The molecule has 0 unspecified atom stereocenters. The summed E-state index contributed by atoms with van der Waals surface area (Å²) >= 11 is 0. The lowest BCUT2D eigenvalue weighted by Crippen LogP contribution is -2.11. The van der Waals surface area contributed by atoms with Crippen LogP contribution in [0.5, 0.6) is 0 Å². The Morgan fingerprint density at radius 2 is 1.79 bits per heavy atom. The molecule has 4 aromatic rings. The highest BCUT2D eigenvalue weighted by Crippen LogP contribution is 2.25. The van der Waals surface area contributed by atoms with Gasteiger partial charge in [0.1, 0.15) is 23.8 Å². The average Bonchev–Trinajstić information content (AvgIpc) is 2.72. The molecule has 3 aromatic heterocycles. The SMILES string of the molecule is Cc1ncc(-c2cc(NC[C@@H](C)c3cccc4cc(F)cnc34)ncn2)cn1.S. The normalized spacial score (nSPS) is 11.7. The Hall–Kier alpha value is -3.13. The third-order valence-electron chi connectivity index (χ3n) is 4.57. The highest BCUT2D eigenvalue weighted by molar-refractivity contribution is 7.59. The Bertz CT molecular complexity index is 1120. The molecule has 1 aromatic carbocycles. The second-order valence-corrected chi connectivity index (χ2v) is 6.66. The van der Waals surface area contributed by atoms with Gasteiger partial charge in [-0.3, -0.25) is 4.98 Å². The van der Waals surface area contributed by atoms with Crippen molar-refractivity contribution in [3.8, 4) is 11.3 Å². The number of benzene rings is 1. The van der Waals surface area contributed by atoms with Gasteiger partial charge in [-0.25, -0.2) is 24.3 Å². The van der Waals surface area contributed by atoms with Crippen LogP contribution < -0.4 is 5.32 Å². The lowest BCUT2D eigenvalue weighted by molar-refractivity contribution is 0.624. The number of rotatable bonds is 5. The van der Waals surface area contributed by atoms with Crippen molar-refractivity contribution in [3.63, 3.8) is 0 Å². The molecular weight excluding hydrogens is 387 g/mol. The molecule has 0 aliphatic carbocycles. The van der Waals surface area contributed by atoms with Crippen molar-refractivity contribution in [1.29, 1.82) is 0 Å². The number of aryl methyl sites for hydroxylation is 1. The minimum Gasteiger partial charge on any atom is -0.369 e. The molecule has 1 atom stereocenters. The number of aromatic nitrogens is 5. The maximum Gasteiger partial charge on any atom is 0.142 e. The molecule has 29 heavy (non-hydrogen) atoms. The van der Waals surface area contributed by atoms with E-state index in [2.05, 4.69) is 37.2 Å². The van der Waals surface area contributed by atoms with Crippen LogP contribution in [0.25, 0.3) is 22.2 Å². The first-order chi connectivity index (χ1) is 13.6. The molecule has 0 saturated heterocycles. The number of para-hydroxylation sites is 1. The number of nitrogens with zero attached hydrogens (tertiary/aromatic N) is 5. The number of anilines is 1. The van der Waals surface area contributed by atoms with Gasteiger partial charge in [0, 0.05) is 41.9 Å². The van der Waals surface area contributed by atoms with Gasteiger partial charge in [0.2, 0.25) is 0 Å². The highest BCUT2D eigenvalue weighted by atomic mass is 32.1. The first-order valence-corrected chi connectivity index (χ1v) is 8.99. The lowest BCUT2D eigenvalue weighted by Gasteiger charge is -2.15. The number of nitrogens with one attached hydrogen (secondary N) is 1. The summed E-state index contributed by atoms with van der Waals surface area (Å²) in [7, 11) is 0. The van der Waals surface area contributed by atoms with Gasteiger partial charge in [0.25, 0.3) is 0 Å². The van der Waals surface area contributed by atoms with E-state index in [1.165, 1.54) is 18.6 Å². The lowest BCUT2D eigenvalue weighted by atomic mass is 9.98. The van der Waals surface area contributed by atoms with Crippen LogP contribution in [-0.4, -0.2) is 31.5 Å². The van der Waals surface area contributed by atoms with Crippen LogP contribution in [-0.2, 0) is 0 Å². The van der Waals surface area contributed by atoms with Gasteiger partial charge in [-0.05, 0) is 18.6 Å². The molecule has 0 amide bonds. The summed E-state index contributed by atoms with van der Waals surface area (Å²) in [5.74, 6) is 1.26. The van der Waals surface area contributed by atoms with Gasteiger partial charge in [0.05, 0.1) is 17.4 Å². The fourth-order valence-corrected chi connectivity index (χ4v) is 3.06. The smallest absolute Gasteiger partial charge is 0.142 e. The second kappa shape index (κ2) is 8.91. The van der Waals surface area contributed by atoms with Crippen molar-refractivity contribution in [3.05, 3.63) is 72.5 Å². The van der Waals surface area contributed by atoms with E-state index in [-0.39, 0.29) is 25.2 Å². The second-order valence-electron chi connectivity index (χ2n) is 6.66.